The lowest BCUT2D eigenvalue weighted by Gasteiger charge is -2.26. The Morgan fingerprint density at radius 3 is 2.57 bits per heavy atom. The molecule has 0 radical (unpaired) electrons. The summed E-state index contributed by atoms with van der Waals surface area (Å²) in [7, 11) is 0. The van der Waals surface area contributed by atoms with E-state index in [0.717, 1.165) is 17.9 Å². The van der Waals surface area contributed by atoms with Crippen LogP contribution in [0.5, 0.6) is 0 Å². The molecule has 74 valence electrons. The van der Waals surface area contributed by atoms with Crippen molar-refractivity contribution in [3.8, 4) is 0 Å². The van der Waals surface area contributed by atoms with Crippen molar-refractivity contribution in [2.24, 2.45) is 0 Å². The maximum Gasteiger partial charge on any atom is 0.0615 e. The van der Waals surface area contributed by atoms with Crippen LogP contribution in [0.3, 0.4) is 0 Å². The zero-order valence-electron chi connectivity index (χ0n) is 7.48. The zero-order chi connectivity index (χ0) is 10.1. The van der Waals surface area contributed by atoms with Crippen molar-refractivity contribution in [1.82, 2.24) is 0 Å². The fourth-order valence-corrected chi connectivity index (χ4v) is 1.75. The summed E-state index contributed by atoms with van der Waals surface area (Å²) in [5.41, 5.74) is 1.95. The van der Waals surface area contributed by atoms with Gasteiger partial charge < -0.3 is 10.6 Å². The highest BCUT2D eigenvalue weighted by Crippen LogP contribution is 2.34. The molecule has 0 fully saturated rings. The second-order valence-electron chi connectivity index (χ2n) is 3.18. The third kappa shape index (κ3) is 1.68. The van der Waals surface area contributed by atoms with E-state index in [9.17, 15) is 0 Å². The molecule has 1 aromatic carbocycles. The number of fused-ring (bicyclic) bond motifs is 1. The fourth-order valence-electron chi connectivity index (χ4n) is 1.43. The molecule has 0 aromatic heterocycles. The summed E-state index contributed by atoms with van der Waals surface area (Å²) >= 11 is 11.8. The molecule has 2 N–H and O–H groups in total. The van der Waals surface area contributed by atoms with Gasteiger partial charge in [0.15, 0.2) is 0 Å². The minimum atomic E-state index is 0.236. The molecule has 4 heteroatoms. The van der Waals surface area contributed by atoms with Gasteiger partial charge in [-0.3, -0.25) is 0 Å². The van der Waals surface area contributed by atoms with Gasteiger partial charge in [0.1, 0.15) is 0 Å². The number of hydrogen-bond donors (Lipinski definition) is 2. The zero-order valence-corrected chi connectivity index (χ0v) is 8.99. The van der Waals surface area contributed by atoms with E-state index >= 15 is 0 Å². The molecule has 0 saturated carbocycles. The van der Waals surface area contributed by atoms with Crippen LogP contribution in [0.2, 0.25) is 10.0 Å². The molecule has 14 heavy (non-hydrogen) atoms. The predicted octanol–water partition coefficient (Wildman–Crippen LogP) is 3.39. The summed E-state index contributed by atoms with van der Waals surface area (Å²) in [6.07, 6.45) is 1.86. The van der Waals surface area contributed by atoms with Crippen molar-refractivity contribution >= 4 is 34.6 Å². The van der Waals surface area contributed by atoms with Crippen molar-refractivity contribution in [3.05, 3.63) is 34.8 Å². The van der Waals surface area contributed by atoms with Gasteiger partial charge >= 0.3 is 0 Å². The lowest BCUT2D eigenvalue weighted by Crippen LogP contribution is -2.30. The van der Waals surface area contributed by atoms with Crippen molar-refractivity contribution in [2.75, 3.05) is 17.2 Å². The van der Waals surface area contributed by atoms with E-state index in [-0.39, 0.29) is 6.04 Å². The monoisotopic (exact) mass is 228 g/mol. The van der Waals surface area contributed by atoms with Crippen molar-refractivity contribution < 1.29 is 0 Å². The molecule has 2 nitrogen and oxygen atoms in total. The molecule has 1 heterocycles. The largest absolute Gasteiger partial charge is 0.381 e. The molecular formula is C10H10Cl2N2. The topological polar surface area (TPSA) is 24.1 Å². The van der Waals surface area contributed by atoms with E-state index < -0.39 is 0 Å². The van der Waals surface area contributed by atoms with E-state index in [4.69, 9.17) is 23.2 Å². The molecule has 0 bridgehead atoms. The third-order valence-electron chi connectivity index (χ3n) is 2.20. The van der Waals surface area contributed by atoms with Gasteiger partial charge in [-0.25, -0.2) is 0 Å². The smallest absolute Gasteiger partial charge is 0.0615 e. The second kappa shape index (κ2) is 3.71. The number of benzene rings is 1. The number of nitrogens with one attached hydrogen (secondary N) is 2. The summed E-state index contributed by atoms with van der Waals surface area (Å²) in [4.78, 5) is 0. The molecule has 0 amide bonds. The van der Waals surface area contributed by atoms with Crippen LogP contribution < -0.4 is 10.6 Å². The van der Waals surface area contributed by atoms with Crippen LogP contribution in [0.25, 0.3) is 0 Å². The highest BCUT2D eigenvalue weighted by atomic mass is 35.5. The highest BCUT2D eigenvalue weighted by Gasteiger charge is 2.15. The van der Waals surface area contributed by atoms with Crippen LogP contribution in [-0.2, 0) is 0 Å². The van der Waals surface area contributed by atoms with Gasteiger partial charge in [0.2, 0.25) is 0 Å². The quantitative estimate of drug-likeness (QED) is 0.721. The van der Waals surface area contributed by atoms with Gasteiger partial charge in [-0.05, 0) is 12.1 Å². The molecule has 1 aliphatic heterocycles. The average molecular weight is 229 g/mol. The van der Waals surface area contributed by atoms with Gasteiger partial charge in [-0.1, -0.05) is 29.3 Å². The van der Waals surface area contributed by atoms with E-state index in [1.807, 2.05) is 18.2 Å². The van der Waals surface area contributed by atoms with Gasteiger partial charge in [-0.15, -0.1) is 6.58 Å². The van der Waals surface area contributed by atoms with Crippen LogP contribution in [0.15, 0.2) is 24.8 Å². The SMILES string of the molecule is C=CC1CNc2cc(Cl)c(Cl)cc2N1. The number of halogens is 2. The van der Waals surface area contributed by atoms with Crippen molar-refractivity contribution in [3.63, 3.8) is 0 Å². The maximum atomic E-state index is 5.91. The Labute approximate surface area is 92.9 Å². The molecule has 0 saturated heterocycles. The van der Waals surface area contributed by atoms with Gasteiger partial charge in [0.05, 0.1) is 27.5 Å². The summed E-state index contributed by atoms with van der Waals surface area (Å²) < 4.78 is 0. The average Bonchev–Trinajstić information content (AvgIpc) is 2.19. The molecule has 1 unspecified atom stereocenters. The Morgan fingerprint density at radius 1 is 1.29 bits per heavy atom. The lowest BCUT2D eigenvalue weighted by atomic mass is 10.1. The lowest BCUT2D eigenvalue weighted by molar-refractivity contribution is 0.895. The first-order chi connectivity index (χ1) is 6.70. The van der Waals surface area contributed by atoms with Crippen LogP contribution in [-0.4, -0.2) is 12.6 Å². The molecule has 2 rings (SSSR count). The predicted molar refractivity (Wildman–Crippen MR) is 62.6 cm³/mol. The van der Waals surface area contributed by atoms with Crippen LogP contribution >= 0.6 is 23.2 Å². The Hall–Kier alpha value is -0.860. The Balaban J connectivity index is 2.38. The molecule has 1 aliphatic rings. The first kappa shape index (κ1) is 9.69. The summed E-state index contributed by atoms with van der Waals surface area (Å²) in [6, 6.07) is 3.88. The minimum absolute atomic E-state index is 0.236. The molecule has 0 spiro atoms. The van der Waals surface area contributed by atoms with E-state index in [2.05, 4.69) is 17.2 Å². The minimum Gasteiger partial charge on any atom is -0.381 e. The Kier molecular flexibility index (Phi) is 2.57. The Morgan fingerprint density at radius 2 is 1.93 bits per heavy atom. The molecular weight excluding hydrogens is 219 g/mol. The summed E-state index contributed by atoms with van der Waals surface area (Å²) in [5, 5.41) is 7.67. The first-order valence-corrected chi connectivity index (χ1v) is 5.08. The second-order valence-corrected chi connectivity index (χ2v) is 3.99. The van der Waals surface area contributed by atoms with Gasteiger partial charge in [0.25, 0.3) is 0 Å². The van der Waals surface area contributed by atoms with Gasteiger partial charge in [0, 0.05) is 6.54 Å². The van der Waals surface area contributed by atoms with E-state index in [1.54, 1.807) is 0 Å². The number of hydrogen-bond acceptors (Lipinski definition) is 2. The van der Waals surface area contributed by atoms with E-state index in [0.29, 0.717) is 10.0 Å². The van der Waals surface area contributed by atoms with Crippen molar-refractivity contribution in [1.29, 1.82) is 0 Å². The maximum absolute atomic E-state index is 5.91. The van der Waals surface area contributed by atoms with Crippen LogP contribution in [0, 0.1) is 0 Å². The van der Waals surface area contributed by atoms with Crippen LogP contribution in [0.4, 0.5) is 11.4 Å². The van der Waals surface area contributed by atoms with Crippen LogP contribution in [0.1, 0.15) is 0 Å². The third-order valence-corrected chi connectivity index (χ3v) is 2.92. The standard InChI is InChI=1S/C10H10Cl2N2/c1-2-6-5-13-9-3-7(11)8(12)4-10(9)14-6/h2-4,6,13-14H,1,5H2. The number of anilines is 2. The molecule has 1 aromatic rings. The van der Waals surface area contributed by atoms with E-state index in [1.165, 1.54) is 0 Å². The summed E-state index contributed by atoms with van der Waals surface area (Å²) in [6.45, 7) is 4.55. The Bertz CT molecular complexity index is 377. The first-order valence-electron chi connectivity index (χ1n) is 4.32. The van der Waals surface area contributed by atoms with Gasteiger partial charge in [-0.2, -0.15) is 0 Å². The molecule has 1 atom stereocenters. The summed E-state index contributed by atoms with van der Waals surface area (Å²) in [5.74, 6) is 0. The highest BCUT2D eigenvalue weighted by molar-refractivity contribution is 6.42. The fraction of sp³-hybridized carbons (Fsp3) is 0.200. The number of rotatable bonds is 1. The normalized spacial score (nSPS) is 19.1. The molecule has 0 aliphatic carbocycles. The van der Waals surface area contributed by atoms with Crippen molar-refractivity contribution in [2.45, 2.75) is 6.04 Å².